The van der Waals surface area contributed by atoms with Crippen LogP contribution in [0.5, 0.6) is 5.75 Å². The summed E-state index contributed by atoms with van der Waals surface area (Å²) < 4.78 is 17.0. The second kappa shape index (κ2) is 6.37. The first-order chi connectivity index (χ1) is 10.2. The van der Waals surface area contributed by atoms with Crippen molar-refractivity contribution in [3.8, 4) is 5.75 Å². The third-order valence-corrected chi connectivity index (χ3v) is 4.15. The van der Waals surface area contributed by atoms with E-state index in [4.69, 9.17) is 18.6 Å². The number of nitrogens with zero attached hydrogens (tertiary/aromatic N) is 3. The SMILES string of the molecule is CCc1nc(COSC)c2c(n1)N1[C@@H](COC[C@H]1C)CO2. The van der Waals surface area contributed by atoms with E-state index in [1.54, 1.807) is 0 Å². The summed E-state index contributed by atoms with van der Waals surface area (Å²) in [6.07, 6.45) is 2.69. The molecule has 0 unspecified atom stereocenters. The molecule has 6 nitrogen and oxygen atoms in total. The standard InChI is InChI=1S/C14H21N3O3S/c1-4-12-15-11(8-20-21-3)13-14(16-12)17-9(2)5-18-6-10(17)7-19-13/h9-10H,4-8H2,1-3H3/t9-,10+/m1/s1. The molecular formula is C14H21N3O3S. The molecule has 2 aliphatic heterocycles. The van der Waals surface area contributed by atoms with Crippen LogP contribution in [0.25, 0.3) is 0 Å². The van der Waals surface area contributed by atoms with Gasteiger partial charge in [0.25, 0.3) is 0 Å². The van der Waals surface area contributed by atoms with Gasteiger partial charge < -0.3 is 18.6 Å². The molecule has 21 heavy (non-hydrogen) atoms. The summed E-state index contributed by atoms with van der Waals surface area (Å²) >= 11 is 1.33. The monoisotopic (exact) mass is 311 g/mol. The number of morpholine rings is 1. The minimum absolute atomic E-state index is 0.232. The molecule has 2 atom stereocenters. The molecule has 2 aliphatic rings. The second-order valence-corrected chi connectivity index (χ2v) is 5.85. The van der Waals surface area contributed by atoms with E-state index in [9.17, 15) is 0 Å². The fraction of sp³-hybridized carbons (Fsp3) is 0.714. The Kier molecular flexibility index (Phi) is 4.51. The molecule has 0 amide bonds. The van der Waals surface area contributed by atoms with Crippen molar-refractivity contribution in [1.29, 1.82) is 0 Å². The van der Waals surface area contributed by atoms with Crippen LogP contribution in [0.4, 0.5) is 5.82 Å². The van der Waals surface area contributed by atoms with Gasteiger partial charge in [-0.05, 0) is 19.0 Å². The van der Waals surface area contributed by atoms with Gasteiger partial charge in [0.2, 0.25) is 0 Å². The van der Waals surface area contributed by atoms with Crippen molar-refractivity contribution in [1.82, 2.24) is 9.97 Å². The topological polar surface area (TPSA) is 56.7 Å². The highest BCUT2D eigenvalue weighted by Crippen LogP contribution is 2.37. The molecule has 1 saturated heterocycles. The van der Waals surface area contributed by atoms with Crippen LogP contribution in [0.15, 0.2) is 0 Å². The van der Waals surface area contributed by atoms with Crippen LogP contribution in [0, 0.1) is 0 Å². The summed E-state index contributed by atoms with van der Waals surface area (Å²) in [6, 6.07) is 0.524. The third kappa shape index (κ3) is 2.82. The highest BCUT2D eigenvalue weighted by atomic mass is 32.2. The normalized spacial score (nSPS) is 24.2. The second-order valence-electron chi connectivity index (χ2n) is 5.28. The van der Waals surface area contributed by atoms with Crippen molar-refractivity contribution in [2.24, 2.45) is 0 Å². The third-order valence-electron chi connectivity index (χ3n) is 3.80. The lowest BCUT2D eigenvalue weighted by Crippen LogP contribution is -2.56. The van der Waals surface area contributed by atoms with E-state index in [-0.39, 0.29) is 6.04 Å². The highest BCUT2D eigenvalue weighted by molar-refractivity contribution is 7.93. The average Bonchev–Trinajstić information content (AvgIpc) is 2.52. The Bertz CT molecular complexity index is 514. The van der Waals surface area contributed by atoms with Crippen molar-refractivity contribution < 1.29 is 13.7 Å². The number of rotatable bonds is 4. The van der Waals surface area contributed by atoms with E-state index in [1.165, 1.54) is 12.0 Å². The molecule has 1 fully saturated rings. The van der Waals surface area contributed by atoms with Gasteiger partial charge in [0, 0.05) is 12.7 Å². The Morgan fingerprint density at radius 3 is 2.95 bits per heavy atom. The predicted octanol–water partition coefficient (Wildman–Crippen LogP) is 1.82. The van der Waals surface area contributed by atoms with E-state index in [0.29, 0.717) is 25.9 Å². The number of aromatic nitrogens is 2. The van der Waals surface area contributed by atoms with Crippen LogP contribution in [-0.4, -0.2) is 48.1 Å². The Labute approximate surface area is 129 Å². The van der Waals surface area contributed by atoms with E-state index in [2.05, 4.69) is 23.7 Å². The van der Waals surface area contributed by atoms with Crippen LogP contribution in [-0.2, 0) is 21.9 Å². The Hall–Kier alpha value is -1.05. The van der Waals surface area contributed by atoms with Gasteiger partial charge in [-0.1, -0.05) is 6.92 Å². The lowest BCUT2D eigenvalue weighted by molar-refractivity contribution is 0.0480. The van der Waals surface area contributed by atoms with Gasteiger partial charge in [-0.2, -0.15) is 0 Å². The Morgan fingerprint density at radius 2 is 2.19 bits per heavy atom. The number of ether oxygens (including phenoxy) is 2. The zero-order valence-electron chi connectivity index (χ0n) is 12.7. The van der Waals surface area contributed by atoms with Gasteiger partial charge in [0.15, 0.2) is 11.6 Å². The maximum atomic E-state index is 5.93. The van der Waals surface area contributed by atoms with Crippen LogP contribution >= 0.6 is 12.0 Å². The van der Waals surface area contributed by atoms with Crippen LogP contribution in [0.3, 0.4) is 0 Å². The van der Waals surface area contributed by atoms with Gasteiger partial charge >= 0.3 is 0 Å². The molecule has 0 radical (unpaired) electrons. The number of aryl methyl sites for hydroxylation is 1. The van der Waals surface area contributed by atoms with E-state index in [0.717, 1.165) is 36.1 Å². The van der Waals surface area contributed by atoms with Gasteiger partial charge in [-0.15, -0.1) is 0 Å². The van der Waals surface area contributed by atoms with Crippen LogP contribution in [0.1, 0.15) is 25.4 Å². The van der Waals surface area contributed by atoms with Gasteiger partial charge in [0.05, 0.1) is 25.3 Å². The summed E-state index contributed by atoms with van der Waals surface area (Å²) in [6.45, 7) is 6.67. The first-order valence-corrected chi connectivity index (χ1v) is 8.43. The van der Waals surface area contributed by atoms with Crippen molar-refractivity contribution in [3.63, 3.8) is 0 Å². The highest BCUT2D eigenvalue weighted by Gasteiger charge is 2.37. The maximum absolute atomic E-state index is 5.93. The summed E-state index contributed by atoms with van der Waals surface area (Å²) in [5, 5.41) is 0. The molecule has 0 spiro atoms. The van der Waals surface area contributed by atoms with Gasteiger partial charge in [-0.3, -0.25) is 0 Å². The first kappa shape index (κ1) is 14.9. The molecule has 1 aromatic heterocycles. The molecule has 0 bridgehead atoms. The lowest BCUT2D eigenvalue weighted by Gasteiger charge is -2.44. The number of fused-ring (bicyclic) bond motifs is 3. The van der Waals surface area contributed by atoms with E-state index >= 15 is 0 Å². The Balaban J connectivity index is 2.01. The minimum Gasteiger partial charge on any atom is -0.486 e. The fourth-order valence-corrected chi connectivity index (χ4v) is 3.04. The zero-order chi connectivity index (χ0) is 14.8. The van der Waals surface area contributed by atoms with E-state index in [1.807, 2.05) is 6.26 Å². The fourth-order valence-electron chi connectivity index (χ4n) is 2.81. The zero-order valence-corrected chi connectivity index (χ0v) is 13.5. The molecule has 0 N–H and O–H groups in total. The molecular weight excluding hydrogens is 290 g/mol. The molecule has 1 aromatic rings. The van der Waals surface area contributed by atoms with Gasteiger partial charge in [-0.25, -0.2) is 9.97 Å². The molecule has 0 aliphatic carbocycles. The summed E-state index contributed by atoms with van der Waals surface area (Å²) in [7, 11) is 0. The van der Waals surface area contributed by atoms with Crippen molar-refractivity contribution >= 4 is 17.9 Å². The van der Waals surface area contributed by atoms with Crippen molar-refractivity contribution in [3.05, 3.63) is 11.5 Å². The number of hydrogen-bond acceptors (Lipinski definition) is 7. The molecule has 3 heterocycles. The van der Waals surface area contributed by atoms with E-state index < -0.39 is 0 Å². The molecule has 116 valence electrons. The molecule has 3 rings (SSSR count). The number of hydrogen-bond donors (Lipinski definition) is 0. The maximum Gasteiger partial charge on any atom is 0.185 e. The molecule has 0 aromatic carbocycles. The van der Waals surface area contributed by atoms with Crippen LogP contribution < -0.4 is 9.64 Å². The summed E-state index contributed by atoms with van der Waals surface area (Å²) in [5.41, 5.74) is 0.836. The number of anilines is 1. The quantitative estimate of drug-likeness (QED) is 0.786. The average molecular weight is 311 g/mol. The minimum atomic E-state index is 0.232. The Morgan fingerprint density at radius 1 is 1.33 bits per heavy atom. The lowest BCUT2D eigenvalue weighted by atomic mass is 10.1. The first-order valence-electron chi connectivity index (χ1n) is 7.28. The predicted molar refractivity (Wildman–Crippen MR) is 81.8 cm³/mol. The molecule has 0 saturated carbocycles. The summed E-state index contributed by atoms with van der Waals surface area (Å²) in [5.74, 6) is 2.50. The van der Waals surface area contributed by atoms with Crippen molar-refractivity contribution in [2.45, 2.75) is 39.0 Å². The molecule has 7 heteroatoms. The van der Waals surface area contributed by atoms with Crippen molar-refractivity contribution in [2.75, 3.05) is 31.0 Å². The largest absolute Gasteiger partial charge is 0.486 e. The van der Waals surface area contributed by atoms with Gasteiger partial charge in [0.1, 0.15) is 24.7 Å². The van der Waals surface area contributed by atoms with Crippen LogP contribution in [0.2, 0.25) is 0 Å². The smallest absolute Gasteiger partial charge is 0.185 e. The summed E-state index contributed by atoms with van der Waals surface area (Å²) in [4.78, 5) is 11.6.